The SMILES string of the molecule is CCNC(=NCc1ccc(S(=O)(=O)N(C)C)s1)NCCCN1CCC(C)CC1.I. The number of hydrogen-bond acceptors (Lipinski definition) is 5. The van der Waals surface area contributed by atoms with E-state index in [4.69, 9.17) is 0 Å². The summed E-state index contributed by atoms with van der Waals surface area (Å²) in [7, 11) is -0.277. The van der Waals surface area contributed by atoms with Gasteiger partial charge >= 0.3 is 0 Å². The normalized spacial score (nSPS) is 16.7. The lowest BCUT2D eigenvalue weighted by molar-refractivity contribution is 0.191. The minimum atomic E-state index is -3.37. The van der Waals surface area contributed by atoms with Crippen LogP contribution in [0.15, 0.2) is 21.3 Å². The van der Waals surface area contributed by atoms with Crippen LogP contribution in [-0.2, 0) is 16.6 Å². The van der Waals surface area contributed by atoms with Gasteiger partial charge in [-0.05, 0) is 63.9 Å². The Labute approximate surface area is 197 Å². The number of hydrogen-bond donors (Lipinski definition) is 2. The molecule has 0 radical (unpaired) electrons. The van der Waals surface area contributed by atoms with Gasteiger partial charge in [0.25, 0.3) is 10.0 Å². The first-order chi connectivity index (χ1) is 13.3. The molecule has 2 heterocycles. The predicted molar refractivity (Wildman–Crippen MR) is 133 cm³/mol. The quantitative estimate of drug-likeness (QED) is 0.212. The molecule has 2 N–H and O–H groups in total. The van der Waals surface area contributed by atoms with Gasteiger partial charge in [-0.25, -0.2) is 17.7 Å². The van der Waals surface area contributed by atoms with Crippen molar-refractivity contribution in [1.82, 2.24) is 19.8 Å². The van der Waals surface area contributed by atoms with E-state index in [0.717, 1.165) is 42.8 Å². The van der Waals surface area contributed by atoms with Crippen molar-refractivity contribution in [3.63, 3.8) is 0 Å². The van der Waals surface area contributed by atoms with Crippen molar-refractivity contribution in [3.05, 3.63) is 17.0 Å². The Morgan fingerprint density at radius 1 is 1.28 bits per heavy atom. The van der Waals surface area contributed by atoms with Crippen molar-refractivity contribution in [2.75, 3.05) is 46.8 Å². The summed E-state index contributed by atoms with van der Waals surface area (Å²) < 4.78 is 26.0. The zero-order valence-corrected chi connectivity index (χ0v) is 21.9. The number of guanidine groups is 1. The molecular formula is C19H36IN5O2S2. The fourth-order valence-corrected chi connectivity index (χ4v) is 5.50. The lowest BCUT2D eigenvalue weighted by Crippen LogP contribution is -2.39. The van der Waals surface area contributed by atoms with Gasteiger partial charge in [-0.2, -0.15) is 0 Å². The van der Waals surface area contributed by atoms with E-state index in [9.17, 15) is 8.42 Å². The summed E-state index contributed by atoms with van der Waals surface area (Å²) in [5, 5.41) is 6.64. The Balaban J connectivity index is 0.00000420. The minimum absolute atomic E-state index is 0. The lowest BCUT2D eigenvalue weighted by Gasteiger charge is -2.30. The molecule has 0 aromatic carbocycles. The Bertz CT molecular complexity index is 729. The highest BCUT2D eigenvalue weighted by atomic mass is 127. The van der Waals surface area contributed by atoms with E-state index in [-0.39, 0.29) is 24.0 Å². The number of thiophene rings is 1. The number of piperidine rings is 1. The summed E-state index contributed by atoms with van der Waals surface area (Å²) in [6.45, 7) is 10.1. The lowest BCUT2D eigenvalue weighted by atomic mass is 9.99. The second-order valence-corrected chi connectivity index (χ2v) is 11.1. The summed E-state index contributed by atoms with van der Waals surface area (Å²) >= 11 is 1.28. The Morgan fingerprint density at radius 2 is 1.97 bits per heavy atom. The molecule has 29 heavy (non-hydrogen) atoms. The van der Waals surface area contributed by atoms with E-state index < -0.39 is 10.0 Å². The molecule has 1 fully saturated rings. The van der Waals surface area contributed by atoms with Gasteiger partial charge in [-0.15, -0.1) is 35.3 Å². The third kappa shape index (κ3) is 8.68. The van der Waals surface area contributed by atoms with Gasteiger partial charge in [0.1, 0.15) is 4.21 Å². The number of halogens is 1. The number of sulfonamides is 1. The molecule has 0 aliphatic carbocycles. The van der Waals surface area contributed by atoms with Gasteiger partial charge < -0.3 is 15.5 Å². The topological polar surface area (TPSA) is 77.0 Å². The van der Waals surface area contributed by atoms with E-state index in [1.54, 1.807) is 20.2 Å². The second kappa shape index (κ2) is 13.1. The van der Waals surface area contributed by atoms with E-state index in [2.05, 4.69) is 27.4 Å². The van der Waals surface area contributed by atoms with Crippen molar-refractivity contribution in [2.45, 2.75) is 43.9 Å². The number of rotatable bonds is 9. The van der Waals surface area contributed by atoms with Crippen LogP contribution in [-0.4, -0.2) is 70.4 Å². The third-order valence-electron chi connectivity index (χ3n) is 4.93. The van der Waals surface area contributed by atoms with Crippen LogP contribution >= 0.6 is 35.3 Å². The maximum atomic E-state index is 12.2. The maximum Gasteiger partial charge on any atom is 0.252 e. The summed E-state index contributed by atoms with van der Waals surface area (Å²) in [6, 6.07) is 3.50. The van der Waals surface area contributed by atoms with Crippen molar-refractivity contribution < 1.29 is 8.42 Å². The molecular weight excluding hydrogens is 521 g/mol. The zero-order valence-electron chi connectivity index (χ0n) is 18.0. The van der Waals surface area contributed by atoms with Crippen LogP contribution in [0.5, 0.6) is 0 Å². The first kappa shape index (κ1) is 26.6. The van der Waals surface area contributed by atoms with Crippen LogP contribution in [0.1, 0.15) is 38.0 Å². The van der Waals surface area contributed by atoms with Crippen molar-refractivity contribution >= 4 is 51.3 Å². The fourth-order valence-electron chi connectivity index (χ4n) is 3.06. The van der Waals surface area contributed by atoms with Crippen LogP contribution in [0.3, 0.4) is 0 Å². The van der Waals surface area contributed by atoms with Crippen molar-refractivity contribution in [2.24, 2.45) is 10.9 Å². The van der Waals surface area contributed by atoms with Crippen LogP contribution in [0.25, 0.3) is 0 Å². The Hall–Kier alpha value is -0.430. The maximum absolute atomic E-state index is 12.2. The summed E-state index contributed by atoms with van der Waals surface area (Å²) in [4.78, 5) is 8.08. The van der Waals surface area contributed by atoms with Gasteiger partial charge in [0.15, 0.2) is 5.96 Å². The van der Waals surface area contributed by atoms with Crippen LogP contribution < -0.4 is 10.6 Å². The largest absolute Gasteiger partial charge is 0.357 e. The average molecular weight is 558 g/mol. The monoisotopic (exact) mass is 557 g/mol. The van der Waals surface area contributed by atoms with E-state index in [0.29, 0.717) is 10.8 Å². The summed E-state index contributed by atoms with van der Waals surface area (Å²) in [6.07, 6.45) is 3.71. The highest BCUT2D eigenvalue weighted by molar-refractivity contribution is 14.0. The molecule has 0 bridgehead atoms. The number of nitrogens with one attached hydrogen (secondary N) is 2. The molecule has 1 aliphatic rings. The van der Waals surface area contributed by atoms with E-state index in [1.165, 1.54) is 41.6 Å². The van der Waals surface area contributed by atoms with Crippen molar-refractivity contribution in [3.8, 4) is 0 Å². The molecule has 2 rings (SSSR count). The Kier molecular flexibility index (Phi) is 12.0. The first-order valence-corrected chi connectivity index (χ1v) is 12.3. The van der Waals surface area contributed by atoms with Crippen LogP contribution in [0.4, 0.5) is 0 Å². The van der Waals surface area contributed by atoms with Gasteiger partial charge in [0, 0.05) is 32.1 Å². The molecule has 7 nitrogen and oxygen atoms in total. The van der Waals surface area contributed by atoms with Gasteiger partial charge in [0.05, 0.1) is 6.54 Å². The van der Waals surface area contributed by atoms with Gasteiger partial charge in [-0.1, -0.05) is 6.92 Å². The fraction of sp³-hybridized carbons (Fsp3) is 0.737. The smallest absolute Gasteiger partial charge is 0.252 e. The average Bonchev–Trinajstić information content (AvgIpc) is 3.14. The molecule has 0 spiro atoms. The Morgan fingerprint density at radius 3 is 2.59 bits per heavy atom. The molecule has 0 unspecified atom stereocenters. The van der Waals surface area contributed by atoms with Crippen LogP contribution in [0.2, 0.25) is 0 Å². The summed E-state index contributed by atoms with van der Waals surface area (Å²) in [5.41, 5.74) is 0. The van der Waals surface area contributed by atoms with Crippen LogP contribution in [0, 0.1) is 5.92 Å². The second-order valence-electron chi connectivity index (χ2n) is 7.51. The number of aliphatic imine (C=N–C) groups is 1. The molecule has 0 saturated carbocycles. The number of likely N-dealkylation sites (tertiary alicyclic amines) is 1. The third-order valence-corrected chi connectivity index (χ3v) is 8.28. The highest BCUT2D eigenvalue weighted by Gasteiger charge is 2.19. The molecule has 1 aliphatic heterocycles. The summed E-state index contributed by atoms with van der Waals surface area (Å²) in [5.74, 6) is 1.65. The molecule has 10 heteroatoms. The van der Waals surface area contributed by atoms with Gasteiger partial charge in [0.2, 0.25) is 0 Å². The van der Waals surface area contributed by atoms with Crippen molar-refractivity contribution in [1.29, 1.82) is 0 Å². The molecule has 1 aromatic rings. The van der Waals surface area contributed by atoms with E-state index >= 15 is 0 Å². The minimum Gasteiger partial charge on any atom is -0.357 e. The zero-order chi connectivity index (χ0) is 20.6. The molecule has 168 valence electrons. The van der Waals surface area contributed by atoms with Gasteiger partial charge in [-0.3, -0.25) is 0 Å². The van der Waals surface area contributed by atoms with E-state index in [1.807, 2.05) is 13.0 Å². The first-order valence-electron chi connectivity index (χ1n) is 10.1. The molecule has 0 atom stereocenters. The standard InChI is InChI=1S/C19H35N5O2S2.HI/c1-5-20-19(21-11-6-12-24-13-9-16(2)10-14-24)22-15-17-7-8-18(27-17)28(25,26)23(3)4;/h7-8,16H,5-6,9-15H2,1-4H3,(H2,20,21,22);1H. The molecule has 1 saturated heterocycles. The molecule has 0 amide bonds. The molecule has 1 aromatic heterocycles. The number of nitrogens with zero attached hydrogens (tertiary/aromatic N) is 3. The predicted octanol–water partition coefficient (Wildman–Crippen LogP) is 2.79. The highest BCUT2D eigenvalue weighted by Crippen LogP contribution is 2.24.